The van der Waals surface area contributed by atoms with Gasteiger partial charge < -0.3 is 9.73 Å². The van der Waals surface area contributed by atoms with Crippen LogP contribution in [0.5, 0.6) is 0 Å². The number of anilines is 1. The maximum atomic E-state index is 5.50. The van der Waals surface area contributed by atoms with Gasteiger partial charge in [0.1, 0.15) is 5.76 Å². The van der Waals surface area contributed by atoms with E-state index < -0.39 is 0 Å². The number of oxazole rings is 1. The number of aromatic nitrogens is 1. The van der Waals surface area contributed by atoms with Gasteiger partial charge in [0, 0.05) is 22.5 Å². The zero-order valence-electron chi connectivity index (χ0n) is 10.4. The van der Waals surface area contributed by atoms with E-state index in [1.165, 1.54) is 0 Å². The molecule has 0 saturated heterocycles. The molecule has 0 aliphatic heterocycles. The molecule has 2 rings (SSSR count). The molecule has 0 unspecified atom stereocenters. The minimum Gasteiger partial charge on any atom is -0.437 e. The van der Waals surface area contributed by atoms with E-state index in [1.807, 2.05) is 38.1 Å². The molecule has 1 aromatic heterocycles. The van der Waals surface area contributed by atoms with Gasteiger partial charge in [-0.25, -0.2) is 4.98 Å². The maximum absolute atomic E-state index is 5.50. The Morgan fingerprint density at radius 1 is 1.28 bits per heavy atom. The Morgan fingerprint density at radius 3 is 2.61 bits per heavy atom. The highest BCUT2D eigenvalue weighted by molar-refractivity contribution is 9.10. The molecule has 0 spiro atoms. The molecule has 1 N–H and O–H groups in total. The van der Waals surface area contributed by atoms with E-state index >= 15 is 0 Å². The molecule has 18 heavy (non-hydrogen) atoms. The minimum atomic E-state index is 0.752. The predicted molar refractivity (Wildman–Crippen MR) is 79.3 cm³/mol. The number of aryl methyl sites for hydroxylation is 2. The normalized spacial score (nSPS) is 10.6. The largest absolute Gasteiger partial charge is 0.437 e. The van der Waals surface area contributed by atoms with Crippen molar-refractivity contribution in [2.75, 3.05) is 17.6 Å². The van der Waals surface area contributed by atoms with Crippen LogP contribution in [-0.2, 0) is 0 Å². The average Bonchev–Trinajstić information content (AvgIpc) is 2.67. The van der Waals surface area contributed by atoms with E-state index in [0.29, 0.717) is 0 Å². The lowest BCUT2D eigenvalue weighted by Gasteiger charge is -2.04. The van der Waals surface area contributed by atoms with Crippen LogP contribution in [0.2, 0.25) is 0 Å². The third-order valence-electron chi connectivity index (χ3n) is 2.51. The lowest BCUT2D eigenvalue weighted by atomic mass is 10.3. The Balaban J connectivity index is 1.74. The Labute approximate surface area is 120 Å². The van der Waals surface area contributed by atoms with Crippen LogP contribution in [0.15, 0.2) is 38.4 Å². The molecule has 96 valence electrons. The Bertz CT molecular complexity index is 491. The van der Waals surface area contributed by atoms with E-state index in [2.05, 4.69) is 26.2 Å². The highest BCUT2D eigenvalue weighted by Gasteiger charge is 2.05. The SMILES string of the molecule is Cc1nc(SCCNc2ccc(Br)cc2)oc1C. The molecule has 0 saturated carbocycles. The average molecular weight is 327 g/mol. The molecule has 0 amide bonds. The fourth-order valence-electron chi connectivity index (χ4n) is 1.41. The van der Waals surface area contributed by atoms with Crippen molar-refractivity contribution in [2.45, 2.75) is 19.1 Å². The van der Waals surface area contributed by atoms with E-state index in [-0.39, 0.29) is 0 Å². The van der Waals surface area contributed by atoms with Crippen LogP contribution in [-0.4, -0.2) is 17.3 Å². The first-order chi connectivity index (χ1) is 8.65. The molecule has 0 aliphatic carbocycles. The Hall–Kier alpha value is -0.940. The quantitative estimate of drug-likeness (QED) is 0.658. The summed E-state index contributed by atoms with van der Waals surface area (Å²) in [5.74, 6) is 1.83. The van der Waals surface area contributed by atoms with Crippen molar-refractivity contribution in [1.82, 2.24) is 4.98 Å². The summed E-state index contributed by atoms with van der Waals surface area (Å²) >= 11 is 5.04. The van der Waals surface area contributed by atoms with Gasteiger partial charge in [0.2, 0.25) is 0 Å². The fourth-order valence-corrected chi connectivity index (χ4v) is 2.43. The molecular weight excluding hydrogens is 312 g/mol. The Kier molecular flexibility index (Phi) is 4.72. The van der Waals surface area contributed by atoms with E-state index in [9.17, 15) is 0 Å². The van der Waals surface area contributed by atoms with Crippen molar-refractivity contribution in [3.8, 4) is 0 Å². The molecular formula is C13H15BrN2OS. The van der Waals surface area contributed by atoms with Gasteiger partial charge in [0.25, 0.3) is 5.22 Å². The molecule has 1 heterocycles. The van der Waals surface area contributed by atoms with Gasteiger partial charge in [-0.1, -0.05) is 27.7 Å². The van der Waals surface area contributed by atoms with Crippen LogP contribution in [0.1, 0.15) is 11.5 Å². The summed E-state index contributed by atoms with van der Waals surface area (Å²) in [7, 11) is 0. The van der Waals surface area contributed by atoms with Crippen molar-refractivity contribution in [1.29, 1.82) is 0 Å². The molecule has 3 nitrogen and oxygen atoms in total. The summed E-state index contributed by atoms with van der Waals surface area (Å²) in [6.45, 7) is 4.78. The van der Waals surface area contributed by atoms with E-state index in [4.69, 9.17) is 4.42 Å². The molecule has 2 aromatic rings. The number of halogens is 1. The summed E-state index contributed by atoms with van der Waals surface area (Å²) < 4.78 is 6.59. The van der Waals surface area contributed by atoms with Crippen LogP contribution in [0.25, 0.3) is 0 Å². The second-order valence-corrected chi connectivity index (χ2v) is 5.87. The molecule has 1 aromatic carbocycles. The van der Waals surface area contributed by atoms with Gasteiger partial charge in [-0.15, -0.1) is 0 Å². The first-order valence-corrected chi connectivity index (χ1v) is 7.49. The smallest absolute Gasteiger partial charge is 0.256 e. The van der Waals surface area contributed by atoms with Crippen LogP contribution in [0.3, 0.4) is 0 Å². The molecule has 0 fully saturated rings. The zero-order chi connectivity index (χ0) is 13.0. The number of nitrogens with zero attached hydrogens (tertiary/aromatic N) is 1. The standard InChI is InChI=1S/C13H15BrN2OS/c1-9-10(2)17-13(16-9)18-8-7-15-12-5-3-11(14)4-6-12/h3-6,15H,7-8H2,1-2H3. The van der Waals surface area contributed by atoms with Crippen molar-refractivity contribution < 1.29 is 4.42 Å². The number of benzene rings is 1. The fraction of sp³-hybridized carbons (Fsp3) is 0.308. The third kappa shape index (κ3) is 3.78. The monoisotopic (exact) mass is 326 g/mol. The highest BCUT2D eigenvalue weighted by atomic mass is 79.9. The molecule has 5 heteroatoms. The summed E-state index contributed by atoms with van der Waals surface area (Å²) in [5, 5.41) is 4.10. The van der Waals surface area contributed by atoms with Gasteiger partial charge >= 0.3 is 0 Å². The number of hydrogen-bond acceptors (Lipinski definition) is 4. The van der Waals surface area contributed by atoms with E-state index in [1.54, 1.807) is 11.8 Å². The molecule has 0 radical (unpaired) electrons. The van der Waals surface area contributed by atoms with Crippen molar-refractivity contribution >= 4 is 33.4 Å². The predicted octanol–water partition coefficient (Wildman–Crippen LogP) is 4.26. The van der Waals surface area contributed by atoms with Crippen LogP contribution in [0.4, 0.5) is 5.69 Å². The molecule has 0 aliphatic rings. The number of thioether (sulfide) groups is 1. The van der Waals surface area contributed by atoms with Gasteiger partial charge in [0.15, 0.2) is 0 Å². The minimum absolute atomic E-state index is 0.752. The zero-order valence-corrected chi connectivity index (χ0v) is 12.8. The topological polar surface area (TPSA) is 38.1 Å². The molecule has 0 atom stereocenters. The third-order valence-corrected chi connectivity index (χ3v) is 3.87. The summed E-state index contributed by atoms with van der Waals surface area (Å²) in [6, 6.07) is 8.15. The number of nitrogens with one attached hydrogen (secondary N) is 1. The van der Waals surface area contributed by atoms with Crippen LogP contribution >= 0.6 is 27.7 Å². The van der Waals surface area contributed by atoms with Gasteiger partial charge in [-0.3, -0.25) is 0 Å². The van der Waals surface area contributed by atoms with Crippen LogP contribution < -0.4 is 5.32 Å². The van der Waals surface area contributed by atoms with Gasteiger partial charge in [-0.05, 0) is 38.1 Å². The van der Waals surface area contributed by atoms with Crippen LogP contribution in [0, 0.1) is 13.8 Å². The maximum Gasteiger partial charge on any atom is 0.256 e. The van der Waals surface area contributed by atoms with Gasteiger partial charge in [-0.2, -0.15) is 0 Å². The highest BCUT2D eigenvalue weighted by Crippen LogP contribution is 2.20. The van der Waals surface area contributed by atoms with Gasteiger partial charge in [0.05, 0.1) is 5.69 Å². The lowest BCUT2D eigenvalue weighted by Crippen LogP contribution is -2.03. The first-order valence-electron chi connectivity index (χ1n) is 5.71. The number of rotatable bonds is 5. The number of hydrogen-bond donors (Lipinski definition) is 1. The van der Waals surface area contributed by atoms with Crippen molar-refractivity contribution in [3.63, 3.8) is 0 Å². The summed E-state index contributed by atoms with van der Waals surface area (Å²) in [6.07, 6.45) is 0. The summed E-state index contributed by atoms with van der Waals surface area (Å²) in [5.41, 5.74) is 2.09. The summed E-state index contributed by atoms with van der Waals surface area (Å²) in [4.78, 5) is 4.33. The Morgan fingerprint density at radius 2 is 2.00 bits per heavy atom. The van der Waals surface area contributed by atoms with Crippen molar-refractivity contribution in [3.05, 3.63) is 40.2 Å². The van der Waals surface area contributed by atoms with E-state index in [0.717, 1.165) is 39.1 Å². The first kappa shape index (κ1) is 13.5. The second kappa shape index (κ2) is 6.29. The molecule has 0 bridgehead atoms. The second-order valence-electron chi connectivity index (χ2n) is 3.90. The lowest BCUT2D eigenvalue weighted by molar-refractivity contribution is 0.431. The van der Waals surface area contributed by atoms with Crippen molar-refractivity contribution in [2.24, 2.45) is 0 Å².